The summed E-state index contributed by atoms with van der Waals surface area (Å²) in [6.07, 6.45) is 0. The van der Waals surface area contributed by atoms with Gasteiger partial charge in [-0.15, -0.1) is 0 Å². The highest BCUT2D eigenvalue weighted by atomic mass is 16.5. The molecule has 0 spiro atoms. The van der Waals surface area contributed by atoms with Gasteiger partial charge in [0.05, 0.1) is 23.8 Å². The number of anilines is 1. The molecule has 0 unspecified atom stereocenters. The molecule has 0 saturated heterocycles. The Morgan fingerprint density at radius 3 is 2.76 bits per heavy atom. The van der Waals surface area contributed by atoms with Crippen LogP contribution in [0.1, 0.15) is 24.5 Å². The molecular formula is C11H16N4O2. The zero-order valence-electron chi connectivity index (χ0n) is 10.1. The van der Waals surface area contributed by atoms with E-state index in [0.29, 0.717) is 5.52 Å². The number of hydrogen-bond acceptors (Lipinski definition) is 5. The number of hydrazine groups is 1. The first-order valence-corrected chi connectivity index (χ1v) is 5.29. The van der Waals surface area contributed by atoms with Gasteiger partial charge in [-0.3, -0.25) is 5.84 Å². The van der Waals surface area contributed by atoms with Gasteiger partial charge in [0.2, 0.25) is 5.82 Å². The molecule has 1 aromatic carbocycles. The number of nitrogen functional groups attached to an aromatic ring is 1. The second-order valence-electron chi connectivity index (χ2n) is 2.95. The lowest BCUT2D eigenvalue weighted by Crippen LogP contribution is -2.06. The van der Waals surface area contributed by atoms with E-state index in [-0.39, 0.29) is 5.82 Å². The van der Waals surface area contributed by atoms with Crippen LogP contribution in [0, 0.1) is 0 Å². The fourth-order valence-corrected chi connectivity index (χ4v) is 1.29. The number of carbonyl (C=O) groups excluding carboxylic acids is 1. The number of carbonyl (C=O) groups is 1. The number of H-pyrrole nitrogens is 1. The molecule has 0 fully saturated rings. The summed E-state index contributed by atoms with van der Waals surface area (Å²) in [5.74, 6) is 4.95. The highest BCUT2D eigenvalue weighted by Crippen LogP contribution is 2.16. The first-order valence-electron chi connectivity index (χ1n) is 5.29. The Labute approximate surface area is 99.1 Å². The first kappa shape index (κ1) is 13.0. The molecule has 0 radical (unpaired) electrons. The number of benzene rings is 1. The molecule has 0 aliphatic heterocycles. The fourth-order valence-electron chi connectivity index (χ4n) is 1.29. The monoisotopic (exact) mass is 236 g/mol. The van der Waals surface area contributed by atoms with E-state index in [1.165, 1.54) is 7.11 Å². The molecule has 0 bridgehead atoms. The number of hydrogen-bond donors (Lipinski definition) is 3. The third-order valence-electron chi connectivity index (χ3n) is 2.03. The summed E-state index contributed by atoms with van der Waals surface area (Å²) in [4.78, 5) is 18.1. The molecule has 2 aromatic rings. The summed E-state index contributed by atoms with van der Waals surface area (Å²) in [6.45, 7) is 4.00. The zero-order chi connectivity index (χ0) is 12.8. The number of rotatable bonds is 2. The standard InChI is InChI=1S/C9H10N4O2.C2H6/c1-15-9(14)8-11-6-3-2-5(13-10)4-7(6)12-8;1-2/h2-4,13H,10H2,1H3,(H,11,12);1-2H3. The summed E-state index contributed by atoms with van der Waals surface area (Å²) in [7, 11) is 1.31. The third-order valence-corrected chi connectivity index (χ3v) is 2.03. The minimum Gasteiger partial charge on any atom is -0.463 e. The number of aromatic nitrogens is 2. The van der Waals surface area contributed by atoms with Crippen LogP contribution in [0.2, 0.25) is 0 Å². The van der Waals surface area contributed by atoms with Gasteiger partial charge in [0, 0.05) is 0 Å². The van der Waals surface area contributed by atoms with Crippen LogP contribution in [0.25, 0.3) is 11.0 Å². The average molecular weight is 236 g/mol. The number of imidazole rings is 1. The van der Waals surface area contributed by atoms with Gasteiger partial charge >= 0.3 is 5.97 Å². The molecule has 0 aliphatic carbocycles. The van der Waals surface area contributed by atoms with Crippen molar-refractivity contribution in [3.8, 4) is 0 Å². The summed E-state index contributed by atoms with van der Waals surface area (Å²) in [5, 5.41) is 0. The van der Waals surface area contributed by atoms with Crippen LogP contribution in [0.4, 0.5) is 5.69 Å². The first-order chi connectivity index (χ1) is 8.24. The smallest absolute Gasteiger partial charge is 0.374 e. The molecule has 6 nitrogen and oxygen atoms in total. The number of nitrogens with zero attached hydrogens (tertiary/aromatic N) is 1. The van der Waals surface area contributed by atoms with Crippen LogP contribution in [-0.4, -0.2) is 23.0 Å². The highest BCUT2D eigenvalue weighted by molar-refractivity contribution is 5.90. The number of ether oxygens (including phenoxy) is 1. The van der Waals surface area contributed by atoms with Crippen molar-refractivity contribution in [2.24, 2.45) is 5.84 Å². The Morgan fingerprint density at radius 1 is 1.47 bits per heavy atom. The summed E-state index contributed by atoms with van der Waals surface area (Å²) in [6, 6.07) is 5.28. The Kier molecular flexibility index (Phi) is 4.47. The minimum absolute atomic E-state index is 0.182. The van der Waals surface area contributed by atoms with Gasteiger partial charge in [0.25, 0.3) is 0 Å². The van der Waals surface area contributed by atoms with Crippen LogP contribution in [0.3, 0.4) is 0 Å². The number of nitrogens with one attached hydrogen (secondary N) is 2. The van der Waals surface area contributed by atoms with E-state index >= 15 is 0 Å². The van der Waals surface area contributed by atoms with E-state index < -0.39 is 5.97 Å². The molecule has 2 rings (SSSR count). The van der Waals surface area contributed by atoms with E-state index in [0.717, 1.165) is 11.2 Å². The zero-order valence-corrected chi connectivity index (χ0v) is 10.1. The van der Waals surface area contributed by atoms with E-state index in [1.807, 2.05) is 13.8 Å². The van der Waals surface area contributed by atoms with Gasteiger partial charge in [-0.1, -0.05) is 13.8 Å². The minimum atomic E-state index is -0.492. The van der Waals surface area contributed by atoms with E-state index in [2.05, 4.69) is 20.1 Å². The number of fused-ring (bicyclic) bond motifs is 1. The van der Waals surface area contributed by atoms with E-state index in [4.69, 9.17) is 5.84 Å². The second kappa shape index (κ2) is 5.86. The fraction of sp³-hybridized carbons (Fsp3) is 0.273. The molecule has 4 N–H and O–H groups in total. The van der Waals surface area contributed by atoms with Gasteiger partial charge in [-0.2, -0.15) is 0 Å². The second-order valence-corrected chi connectivity index (χ2v) is 2.95. The topological polar surface area (TPSA) is 93.0 Å². The van der Waals surface area contributed by atoms with Crippen molar-refractivity contribution < 1.29 is 9.53 Å². The van der Waals surface area contributed by atoms with Crippen molar-refractivity contribution in [3.63, 3.8) is 0 Å². The summed E-state index contributed by atoms with van der Waals surface area (Å²) < 4.78 is 4.55. The van der Waals surface area contributed by atoms with Crippen molar-refractivity contribution in [1.29, 1.82) is 0 Å². The van der Waals surface area contributed by atoms with Crippen molar-refractivity contribution in [2.45, 2.75) is 13.8 Å². The molecule has 0 amide bonds. The lowest BCUT2D eigenvalue weighted by atomic mass is 10.3. The predicted octanol–water partition coefficient (Wildman–Crippen LogP) is 1.66. The van der Waals surface area contributed by atoms with Crippen LogP contribution < -0.4 is 11.3 Å². The largest absolute Gasteiger partial charge is 0.463 e. The maximum Gasteiger partial charge on any atom is 0.374 e. The maximum atomic E-state index is 11.2. The SMILES string of the molecule is CC.COC(=O)c1nc2ccc(NN)cc2[nH]1. The van der Waals surface area contributed by atoms with Gasteiger partial charge < -0.3 is 15.1 Å². The number of methoxy groups -OCH3 is 1. The van der Waals surface area contributed by atoms with Crippen molar-refractivity contribution in [2.75, 3.05) is 12.5 Å². The number of nitrogens with two attached hydrogens (primary N) is 1. The van der Waals surface area contributed by atoms with Crippen LogP contribution in [0.15, 0.2) is 18.2 Å². The van der Waals surface area contributed by atoms with E-state index in [9.17, 15) is 4.79 Å². The molecule has 1 heterocycles. The average Bonchev–Trinajstić information content (AvgIpc) is 2.82. The highest BCUT2D eigenvalue weighted by Gasteiger charge is 2.11. The third kappa shape index (κ3) is 2.73. The number of esters is 1. The van der Waals surface area contributed by atoms with Crippen LogP contribution in [0.5, 0.6) is 0 Å². The Balaban J connectivity index is 0.000000686. The van der Waals surface area contributed by atoms with Gasteiger partial charge in [0.1, 0.15) is 0 Å². The van der Waals surface area contributed by atoms with Crippen molar-refractivity contribution >= 4 is 22.7 Å². The van der Waals surface area contributed by atoms with E-state index in [1.54, 1.807) is 18.2 Å². The normalized spacial score (nSPS) is 9.41. The lowest BCUT2D eigenvalue weighted by Gasteiger charge is -1.96. The molecular weight excluding hydrogens is 220 g/mol. The molecule has 0 aliphatic rings. The molecule has 6 heteroatoms. The van der Waals surface area contributed by atoms with Crippen molar-refractivity contribution in [1.82, 2.24) is 9.97 Å². The van der Waals surface area contributed by atoms with Crippen LogP contribution >= 0.6 is 0 Å². The summed E-state index contributed by atoms with van der Waals surface area (Å²) >= 11 is 0. The Hall–Kier alpha value is -2.08. The molecule has 1 aromatic heterocycles. The lowest BCUT2D eigenvalue weighted by molar-refractivity contribution is 0.0588. The van der Waals surface area contributed by atoms with Crippen molar-refractivity contribution in [3.05, 3.63) is 24.0 Å². The van der Waals surface area contributed by atoms with Gasteiger partial charge in [-0.25, -0.2) is 9.78 Å². The molecule has 0 atom stereocenters. The predicted molar refractivity (Wildman–Crippen MR) is 66.6 cm³/mol. The quantitative estimate of drug-likeness (QED) is 0.419. The van der Waals surface area contributed by atoms with Crippen LogP contribution in [-0.2, 0) is 4.74 Å². The Bertz CT molecular complexity index is 507. The molecule has 0 saturated carbocycles. The van der Waals surface area contributed by atoms with Gasteiger partial charge in [0.15, 0.2) is 0 Å². The maximum absolute atomic E-state index is 11.2. The summed E-state index contributed by atoms with van der Waals surface area (Å²) in [5.41, 5.74) is 4.66. The Morgan fingerprint density at radius 2 is 2.18 bits per heavy atom. The van der Waals surface area contributed by atoms with Gasteiger partial charge in [-0.05, 0) is 18.2 Å². The molecule has 17 heavy (non-hydrogen) atoms. The number of aromatic amines is 1. The molecule has 92 valence electrons.